The Hall–Kier alpha value is -1.44. The van der Waals surface area contributed by atoms with Crippen molar-refractivity contribution >= 4 is 39.7 Å². The first-order valence-corrected chi connectivity index (χ1v) is 20.9. The van der Waals surface area contributed by atoms with Gasteiger partial charge in [-0.25, -0.2) is 0 Å². The molecule has 5 fully saturated rings. The van der Waals surface area contributed by atoms with Crippen LogP contribution >= 0.6 is 21.6 Å². The number of fused-ring (bicyclic) bond motifs is 2. The fourth-order valence-corrected chi connectivity index (χ4v) is 11.5. The van der Waals surface area contributed by atoms with Gasteiger partial charge in [0.25, 0.3) is 5.91 Å². The normalized spacial score (nSPS) is 45.4. The topological polar surface area (TPSA) is 234 Å². The summed E-state index contributed by atoms with van der Waals surface area (Å²) in [6.07, 6.45) is -1.69. The highest BCUT2D eigenvalue weighted by molar-refractivity contribution is 8.76. The third-order valence-electron chi connectivity index (χ3n) is 12.2. The van der Waals surface area contributed by atoms with E-state index in [1.54, 1.807) is 17.3 Å². The highest BCUT2D eigenvalue weighted by atomic mass is 33.1. The number of rotatable bonds is 7. The maximum Gasteiger partial charge on any atom is 0.297 e. The highest BCUT2D eigenvalue weighted by Crippen LogP contribution is 2.46. The minimum absolute atomic E-state index is 0.00441. The molecular weight excluding hydrogens is 703 g/mol. The predicted molar refractivity (Wildman–Crippen MR) is 187 cm³/mol. The molecule has 13 unspecified atom stereocenters. The third-order valence-corrected chi connectivity index (χ3v) is 14.3. The Labute approximate surface area is 307 Å². The molecule has 4 heterocycles. The first kappa shape index (κ1) is 39.3. The summed E-state index contributed by atoms with van der Waals surface area (Å²) in [5, 5.41) is 59.5. The molecule has 0 bridgehead atoms. The number of carboxylic acid groups (broad SMARTS) is 1. The lowest BCUT2D eigenvalue weighted by molar-refractivity contribution is -0.681. The maximum absolute atomic E-state index is 12.7. The number of carbonyl (C=O) groups is 2. The second kappa shape index (κ2) is 16.9. The number of hydrogen-bond acceptors (Lipinski definition) is 13. The Balaban J connectivity index is 1.20. The molecule has 6 rings (SSSR count). The second-order valence-electron chi connectivity index (χ2n) is 15.6. The number of carboxylic acids is 1. The van der Waals surface area contributed by atoms with Gasteiger partial charge in [0.05, 0.1) is 54.7 Å². The van der Waals surface area contributed by atoms with Crippen LogP contribution in [0, 0.1) is 42.1 Å². The molecule has 2 aliphatic carbocycles. The molecule has 6 aliphatic rings. The van der Waals surface area contributed by atoms with E-state index in [4.69, 9.17) is 24.7 Å². The standard InChI is InChI=1S/C35H53N3O11S2/c1-17(2)23-13-38-15-35(45)31(46-16-51-50-14-24(23)19-9-10-37-12-19)28(41)30(33(43)44)49-34(35)47-21-7-8-22-25(11-21)48-29(32(36)42)26(27(22)40)18-3-5-20(39)6-4-18/h9-10,12,17-18,20-31,34,38-41,45H,3-8,11,13-16H2,1-2H3,(H2-,36,42,43,44)/p+2. The van der Waals surface area contributed by atoms with Crippen LogP contribution in [0.4, 0.5) is 0 Å². The van der Waals surface area contributed by atoms with Crippen molar-refractivity contribution in [2.75, 3.05) is 24.8 Å². The van der Waals surface area contributed by atoms with Crippen LogP contribution < -0.4 is 16.2 Å². The number of amides is 1. The lowest BCUT2D eigenvalue weighted by Crippen LogP contribution is -2.93. The highest BCUT2D eigenvalue weighted by Gasteiger charge is 2.61. The van der Waals surface area contributed by atoms with Gasteiger partial charge in [-0.3, -0.25) is 4.79 Å². The zero-order valence-electron chi connectivity index (χ0n) is 29.3. The largest absolute Gasteiger partial charge is 0.547 e. The Morgan fingerprint density at radius 2 is 1.92 bits per heavy atom. The van der Waals surface area contributed by atoms with Gasteiger partial charge >= 0.3 is 0 Å². The quantitative estimate of drug-likeness (QED) is 0.0979. The number of allylic oxidation sites excluding steroid dienone is 1. The smallest absolute Gasteiger partial charge is 0.297 e. The molecule has 9 N–H and O–H groups in total. The lowest BCUT2D eigenvalue weighted by atomic mass is 9.66. The molecule has 2 saturated carbocycles. The average molecular weight is 758 g/mol. The van der Waals surface area contributed by atoms with Gasteiger partial charge in [0, 0.05) is 18.1 Å². The van der Waals surface area contributed by atoms with Crippen LogP contribution in [0.3, 0.4) is 0 Å². The number of hydrogen-bond donors (Lipinski definition) is 6. The zero-order valence-corrected chi connectivity index (χ0v) is 30.9. The van der Waals surface area contributed by atoms with Gasteiger partial charge in [-0.05, 0) is 50.4 Å². The summed E-state index contributed by atoms with van der Waals surface area (Å²) >= 11 is 0. The molecule has 16 heteroatoms. The van der Waals surface area contributed by atoms with Crippen LogP contribution in [-0.4, -0.2) is 129 Å². The molecule has 51 heavy (non-hydrogen) atoms. The van der Waals surface area contributed by atoms with E-state index in [1.165, 1.54) is 10.8 Å². The van der Waals surface area contributed by atoms with Gasteiger partial charge in [-0.1, -0.05) is 35.4 Å². The summed E-state index contributed by atoms with van der Waals surface area (Å²) in [6.45, 7) is 6.76. The molecule has 0 aromatic rings. The number of nitrogens with two attached hydrogens (primary N) is 2. The van der Waals surface area contributed by atoms with Crippen molar-refractivity contribution in [3.05, 3.63) is 18.2 Å². The number of aliphatic carboxylic acids is 1. The minimum Gasteiger partial charge on any atom is -0.547 e. The zero-order chi connectivity index (χ0) is 36.4. The van der Waals surface area contributed by atoms with E-state index in [0.717, 1.165) is 11.3 Å². The monoisotopic (exact) mass is 757 g/mol. The maximum atomic E-state index is 12.7. The van der Waals surface area contributed by atoms with Gasteiger partial charge in [-0.15, -0.1) is 4.99 Å². The number of quaternary nitrogens is 1. The van der Waals surface area contributed by atoms with Crippen molar-refractivity contribution in [2.24, 2.45) is 46.2 Å². The number of nitrogens with zero attached hydrogens (tertiary/aromatic N) is 1. The van der Waals surface area contributed by atoms with Crippen LogP contribution in [0.15, 0.2) is 16.6 Å². The number of carbonyl (C=O) groups excluding carboxylic acids is 2. The summed E-state index contributed by atoms with van der Waals surface area (Å²) in [7, 11) is 3.04. The summed E-state index contributed by atoms with van der Waals surface area (Å²) in [5.74, 6) is -1.29. The number of primary amides is 1. The van der Waals surface area contributed by atoms with Crippen LogP contribution in [0.2, 0.25) is 0 Å². The van der Waals surface area contributed by atoms with Gasteiger partial charge in [0.15, 0.2) is 24.2 Å². The Morgan fingerprint density at radius 1 is 1.16 bits per heavy atom. The Kier molecular flexibility index (Phi) is 13.0. The summed E-state index contributed by atoms with van der Waals surface area (Å²) in [4.78, 5) is 29.2. The van der Waals surface area contributed by atoms with Crippen molar-refractivity contribution in [3.63, 3.8) is 0 Å². The molecule has 1 amide bonds. The van der Waals surface area contributed by atoms with E-state index in [-0.39, 0.29) is 42.3 Å². The fraction of sp³-hybridized carbons (Fsp3) is 0.829. The SMILES string of the molecule is CC(C)C1C[NH2+]CC2(O)C(OC3CCC4C(C3)[OH+]C(C(N)=O)C(C3CCC(O)CC3)C4O)OC(C(=O)[O-])C(O)C2OCSSCC1C1=C[CH+]N=C1. The van der Waals surface area contributed by atoms with Crippen molar-refractivity contribution in [1.82, 2.24) is 0 Å². The molecule has 0 spiro atoms. The van der Waals surface area contributed by atoms with Crippen molar-refractivity contribution in [1.29, 1.82) is 0 Å². The van der Waals surface area contributed by atoms with Crippen LogP contribution in [0.25, 0.3) is 0 Å². The van der Waals surface area contributed by atoms with Crippen molar-refractivity contribution < 1.29 is 59.4 Å². The predicted octanol–water partition coefficient (Wildman–Crippen LogP) is -1.61. The van der Waals surface area contributed by atoms with Gasteiger partial charge in [0.1, 0.15) is 42.9 Å². The van der Waals surface area contributed by atoms with E-state index in [0.29, 0.717) is 57.4 Å². The summed E-state index contributed by atoms with van der Waals surface area (Å²) in [6, 6.07) is 0. The van der Waals surface area contributed by atoms with E-state index in [9.17, 15) is 35.1 Å². The molecule has 0 aromatic carbocycles. The fourth-order valence-electron chi connectivity index (χ4n) is 9.44. The molecule has 286 valence electrons. The molecule has 0 radical (unpaired) electrons. The van der Waals surface area contributed by atoms with Crippen molar-refractivity contribution in [3.8, 4) is 0 Å². The number of aliphatic hydroxyl groups excluding tert-OH is 3. The van der Waals surface area contributed by atoms with Gasteiger partial charge in [-0.2, -0.15) is 0 Å². The third kappa shape index (κ3) is 8.46. The lowest BCUT2D eigenvalue weighted by Gasteiger charge is -2.51. The Morgan fingerprint density at radius 3 is 2.59 bits per heavy atom. The van der Waals surface area contributed by atoms with E-state index >= 15 is 0 Å². The molecule has 13 atom stereocenters. The number of aliphatic hydroxyl groups is 6. The van der Waals surface area contributed by atoms with Crippen molar-refractivity contribution in [2.45, 2.75) is 120 Å². The second-order valence-corrected chi connectivity index (χ2v) is 18.0. The molecular formula is C35H55N3O11S2+2. The van der Waals surface area contributed by atoms with E-state index in [1.807, 2.05) is 17.6 Å². The molecule has 3 saturated heterocycles. The van der Waals surface area contributed by atoms with E-state index in [2.05, 4.69) is 18.8 Å². The van der Waals surface area contributed by atoms with Crippen LogP contribution in [0.5, 0.6) is 0 Å². The first-order chi connectivity index (χ1) is 24.4. The number of ether oxygens (including phenoxy) is 4. The molecule has 14 nitrogen and oxygen atoms in total. The summed E-state index contributed by atoms with van der Waals surface area (Å²) < 4.78 is 23.3. The Bertz CT molecular complexity index is 1290. The molecule has 4 aliphatic heterocycles. The molecule has 0 aromatic heterocycles. The summed E-state index contributed by atoms with van der Waals surface area (Å²) in [5.41, 5.74) is 5.05. The van der Waals surface area contributed by atoms with Crippen LogP contribution in [-0.2, 0) is 23.8 Å². The average Bonchev–Trinajstić information content (AvgIpc) is 3.62. The number of aliphatic imine (C=N–C) groups is 1. The first-order valence-electron chi connectivity index (χ1n) is 18.4. The van der Waals surface area contributed by atoms with Gasteiger partial charge in [0.2, 0.25) is 6.10 Å². The van der Waals surface area contributed by atoms with E-state index < -0.39 is 72.4 Å². The van der Waals surface area contributed by atoms with Crippen LogP contribution in [0.1, 0.15) is 58.8 Å². The minimum atomic E-state index is -1.96. The van der Waals surface area contributed by atoms with Gasteiger partial charge < -0.3 is 60.3 Å².